The number of aliphatic hydroxyl groups is 1. The van der Waals surface area contributed by atoms with Crippen molar-refractivity contribution in [3.63, 3.8) is 0 Å². The molecule has 1 aromatic carbocycles. The average Bonchev–Trinajstić information content (AvgIpc) is 3.01. The second-order valence-electron chi connectivity index (χ2n) is 4.64. The Morgan fingerprint density at radius 3 is 3.00 bits per heavy atom. The van der Waals surface area contributed by atoms with Crippen LogP contribution >= 0.6 is 11.8 Å². The molecular formula is C16H16N2O2S. The lowest BCUT2D eigenvalue weighted by Crippen LogP contribution is -2.20. The molecule has 2 N–H and O–H groups in total. The third-order valence-electron chi connectivity index (χ3n) is 3.05. The summed E-state index contributed by atoms with van der Waals surface area (Å²) >= 11 is 1.52. The first kappa shape index (κ1) is 14.0. The lowest BCUT2D eigenvalue weighted by molar-refractivity contribution is 0.127. The number of hydrogen-bond acceptors (Lipinski definition) is 4. The van der Waals surface area contributed by atoms with Crippen LogP contribution in [-0.4, -0.2) is 33.5 Å². The quantitative estimate of drug-likeness (QED) is 0.687. The topological polar surface area (TPSA) is 58.1 Å². The molecule has 0 bridgehead atoms. The first-order valence-electron chi connectivity index (χ1n) is 6.74. The zero-order valence-electron chi connectivity index (χ0n) is 11.4. The van der Waals surface area contributed by atoms with Gasteiger partial charge in [-0.2, -0.15) is 0 Å². The van der Waals surface area contributed by atoms with E-state index in [2.05, 4.69) is 9.97 Å². The van der Waals surface area contributed by atoms with E-state index >= 15 is 0 Å². The Hall–Kier alpha value is -1.98. The Balaban J connectivity index is 1.54. The van der Waals surface area contributed by atoms with Crippen molar-refractivity contribution in [2.24, 2.45) is 0 Å². The third-order valence-corrected chi connectivity index (χ3v) is 4.14. The maximum absolute atomic E-state index is 10.0. The normalized spacial score (nSPS) is 12.4. The van der Waals surface area contributed by atoms with E-state index in [0.717, 1.165) is 21.7 Å². The minimum Gasteiger partial charge on any atom is -0.490 e. The highest BCUT2D eigenvalue weighted by Gasteiger charge is 2.09. The predicted octanol–water partition coefficient (Wildman–Crippen LogP) is 3.09. The summed E-state index contributed by atoms with van der Waals surface area (Å²) in [6, 6.07) is 13.6. The number of fused-ring (bicyclic) bond motifs is 1. The molecule has 4 nitrogen and oxygen atoms in total. The maximum Gasteiger partial charge on any atom is 0.128 e. The van der Waals surface area contributed by atoms with Crippen molar-refractivity contribution in [3.8, 4) is 5.75 Å². The fraction of sp³-hybridized carbons (Fsp3) is 0.188. The number of hydrogen-bond donors (Lipinski definition) is 2. The van der Waals surface area contributed by atoms with Crippen molar-refractivity contribution in [3.05, 3.63) is 54.9 Å². The van der Waals surface area contributed by atoms with Crippen molar-refractivity contribution >= 4 is 22.7 Å². The van der Waals surface area contributed by atoms with Crippen LogP contribution < -0.4 is 4.74 Å². The molecule has 2 aromatic heterocycles. The lowest BCUT2D eigenvalue weighted by atomic mass is 10.2. The first-order valence-corrected chi connectivity index (χ1v) is 7.72. The lowest BCUT2D eigenvalue weighted by Gasteiger charge is -2.12. The largest absolute Gasteiger partial charge is 0.490 e. The summed E-state index contributed by atoms with van der Waals surface area (Å²) < 4.78 is 5.72. The van der Waals surface area contributed by atoms with Crippen LogP contribution in [-0.2, 0) is 0 Å². The van der Waals surface area contributed by atoms with Gasteiger partial charge in [0.15, 0.2) is 0 Å². The van der Waals surface area contributed by atoms with Gasteiger partial charge >= 0.3 is 0 Å². The van der Waals surface area contributed by atoms with Gasteiger partial charge in [-0.25, -0.2) is 4.98 Å². The number of ether oxygens (including phenoxy) is 1. The molecule has 0 radical (unpaired) electrons. The number of aliphatic hydroxyl groups excluding tert-OH is 1. The van der Waals surface area contributed by atoms with Gasteiger partial charge in [0.25, 0.3) is 0 Å². The first-order chi connectivity index (χ1) is 10.3. The van der Waals surface area contributed by atoms with Crippen molar-refractivity contribution in [2.75, 3.05) is 12.4 Å². The SMILES string of the molecule is OC(COc1cccc2[nH]ccc12)CSc1ccccn1. The van der Waals surface area contributed by atoms with E-state index in [4.69, 9.17) is 4.74 Å². The molecule has 21 heavy (non-hydrogen) atoms. The summed E-state index contributed by atoms with van der Waals surface area (Å²) in [6.45, 7) is 0.268. The predicted molar refractivity (Wildman–Crippen MR) is 84.8 cm³/mol. The Bertz CT molecular complexity index is 700. The highest BCUT2D eigenvalue weighted by molar-refractivity contribution is 7.99. The van der Waals surface area contributed by atoms with Crippen LogP contribution in [0.15, 0.2) is 59.9 Å². The van der Waals surface area contributed by atoms with Crippen LogP contribution in [0.2, 0.25) is 0 Å². The summed E-state index contributed by atoms with van der Waals surface area (Å²) in [4.78, 5) is 7.35. The van der Waals surface area contributed by atoms with E-state index in [1.54, 1.807) is 6.20 Å². The Kier molecular flexibility index (Phi) is 4.43. The molecule has 1 atom stereocenters. The number of nitrogens with one attached hydrogen (secondary N) is 1. The minimum atomic E-state index is -0.536. The van der Waals surface area contributed by atoms with Crippen molar-refractivity contribution in [1.82, 2.24) is 9.97 Å². The fourth-order valence-electron chi connectivity index (χ4n) is 2.03. The minimum absolute atomic E-state index is 0.268. The smallest absolute Gasteiger partial charge is 0.128 e. The van der Waals surface area contributed by atoms with Gasteiger partial charge in [-0.05, 0) is 30.3 Å². The second-order valence-corrected chi connectivity index (χ2v) is 5.68. The average molecular weight is 300 g/mol. The molecule has 3 aromatic rings. The van der Waals surface area contributed by atoms with Crippen LogP contribution in [0, 0.1) is 0 Å². The van der Waals surface area contributed by atoms with E-state index in [1.807, 2.05) is 48.7 Å². The van der Waals surface area contributed by atoms with E-state index in [0.29, 0.717) is 5.75 Å². The van der Waals surface area contributed by atoms with E-state index in [1.165, 1.54) is 11.8 Å². The van der Waals surface area contributed by atoms with E-state index < -0.39 is 6.10 Å². The Morgan fingerprint density at radius 2 is 2.14 bits per heavy atom. The fourth-order valence-corrected chi connectivity index (χ4v) is 2.80. The number of aromatic nitrogens is 2. The van der Waals surface area contributed by atoms with Gasteiger partial charge < -0.3 is 14.8 Å². The molecule has 0 amide bonds. The van der Waals surface area contributed by atoms with Crippen molar-refractivity contribution < 1.29 is 9.84 Å². The molecule has 3 rings (SSSR count). The van der Waals surface area contributed by atoms with Gasteiger partial charge in [0.2, 0.25) is 0 Å². The Morgan fingerprint density at radius 1 is 1.19 bits per heavy atom. The van der Waals surface area contributed by atoms with E-state index in [-0.39, 0.29) is 6.61 Å². The molecule has 0 saturated carbocycles. The molecule has 0 aliphatic heterocycles. The maximum atomic E-state index is 10.0. The van der Waals surface area contributed by atoms with Crippen LogP contribution in [0.4, 0.5) is 0 Å². The van der Waals surface area contributed by atoms with Crippen LogP contribution in [0.1, 0.15) is 0 Å². The molecule has 1 unspecified atom stereocenters. The van der Waals surface area contributed by atoms with Gasteiger partial charge in [-0.3, -0.25) is 0 Å². The molecule has 0 aliphatic rings. The van der Waals surface area contributed by atoms with Crippen LogP contribution in [0.25, 0.3) is 10.9 Å². The summed E-state index contributed by atoms with van der Waals surface area (Å²) in [5.74, 6) is 1.34. The molecule has 0 aliphatic carbocycles. The molecule has 0 spiro atoms. The highest BCUT2D eigenvalue weighted by Crippen LogP contribution is 2.24. The molecule has 0 saturated heterocycles. The molecule has 108 valence electrons. The van der Waals surface area contributed by atoms with Crippen LogP contribution in [0.3, 0.4) is 0 Å². The zero-order chi connectivity index (χ0) is 14.5. The van der Waals surface area contributed by atoms with Crippen molar-refractivity contribution in [2.45, 2.75) is 11.1 Å². The standard InChI is InChI=1S/C16H16N2O2S/c19-12(11-21-16-6-1-2-8-18-16)10-20-15-5-3-4-14-13(15)7-9-17-14/h1-9,12,17,19H,10-11H2. The number of nitrogens with zero attached hydrogens (tertiary/aromatic N) is 1. The number of thioether (sulfide) groups is 1. The molecule has 2 heterocycles. The van der Waals surface area contributed by atoms with Crippen molar-refractivity contribution in [1.29, 1.82) is 0 Å². The van der Waals surface area contributed by atoms with Gasteiger partial charge in [0, 0.05) is 29.0 Å². The zero-order valence-corrected chi connectivity index (χ0v) is 12.2. The van der Waals surface area contributed by atoms with Gasteiger partial charge in [-0.15, -0.1) is 11.8 Å². The number of benzene rings is 1. The highest BCUT2D eigenvalue weighted by atomic mass is 32.2. The number of pyridine rings is 1. The number of aromatic amines is 1. The van der Waals surface area contributed by atoms with Gasteiger partial charge in [0.1, 0.15) is 12.4 Å². The summed E-state index contributed by atoms with van der Waals surface area (Å²) in [5.41, 5.74) is 1.03. The Labute approximate surface area is 127 Å². The third kappa shape index (κ3) is 3.56. The monoisotopic (exact) mass is 300 g/mol. The molecular weight excluding hydrogens is 284 g/mol. The summed E-state index contributed by atoms with van der Waals surface area (Å²) in [7, 11) is 0. The van der Waals surface area contributed by atoms with E-state index in [9.17, 15) is 5.11 Å². The molecule has 5 heteroatoms. The number of H-pyrrole nitrogens is 1. The van der Waals surface area contributed by atoms with Gasteiger partial charge in [-0.1, -0.05) is 12.1 Å². The summed E-state index contributed by atoms with van der Waals surface area (Å²) in [5, 5.41) is 11.9. The second kappa shape index (κ2) is 6.65. The molecule has 0 fully saturated rings. The van der Waals surface area contributed by atoms with Gasteiger partial charge in [0.05, 0.1) is 11.1 Å². The van der Waals surface area contributed by atoms with Crippen LogP contribution in [0.5, 0.6) is 5.75 Å². The number of rotatable bonds is 6. The summed E-state index contributed by atoms with van der Waals surface area (Å²) in [6.07, 6.45) is 3.09.